The molecule has 1 saturated heterocycles. The maximum absolute atomic E-state index is 12.2. The molecule has 1 amide bonds. The van der Waals surface area contributed by atoms with Crippen molar-refractivity contribution >= 4 is 11.9 Å². The van der Waals surface area contributed by atoms with Gasteiger partial charge in [0.25, 0.3) is 0 Å². The normalized spacial score (nSPS) is 18.6. The van der Waals surface area contributed by atoms with Gasteiger partial charge < -0.3 is 20.3 Å². The Kier molecular flexibility index (Phi) is 7.03. The summed E-state index contributed by atoms with van der Waals surface area (Å²) in [5, 5.41) is 6.25. The van der Waals surface area contributed by atoms with Crippen molar-refractivity contribution in [2.75, 3.05) is 39.8 Å². The first kappa shape index (κ1) is 20.2. The predicted molar refractivity (Wildman–Crippen MR) is 105 cm³/mol. The van der Waals surface area contributed by atoms with Gasteiger partial charge >= 0.3 is 0 Å². The summed E-state index contributed by atoms with van der Waals surface area (Å²) >= 11 is 0. The second-order valence-corrected chi connectivity index (χ2v) is 7.31. The first-order valence-corrected chi connectivity index (χ1v) is 9.30. The van der Waals surface area contributed by atoms with Crippen molar-refractivity contribution in [3.8, 4) is 0 Å². The summed E-state index contributed by atoms with van der Waals surface area (Å²) in [7, 11) is 1.78. The smallest absolute Gasteiger partial charge is 0.227 e. The van der Waals surface area contributed by atoms with E-state index in [2.05, 4.69) is 39.6 Å². The first-order valence-electron chi connectivity index (χ1n) is 9.30. The van der Waals surface area contributed by atoms with Crippen molar-refractivity contribution in [2.45, 2.75) is 33.8 Å². The molecule has 1 fully saturated rings. The number of nitrogens with one attached hydrogen (secondary N) is 2. The number of nitrogens with zero attached hydrogens (tertiary/aromatic N) is 2. The Hall–Kier alpha value is -2.08. The Morgan fingerprint density at radius 2 is 2.08 bits per heavy atom. The third-order valence-electron chi connectivity index (χ3n) is 4.75. The molecule has 1 heterocycles. The number of ether oxygens (including phenoxy) is 1. The third-order valence-corrected chi connectivity index (χ3v) is 4.75. The zero-order valence-corrected chi connectivity index (χ0v) is 16.6. The van der Waals surface area contributed by atoms with Crippen LogP contribution >= 0.6 is 0 Å². The largest absolute Gasteiger partial charge is 0.370 e. The van der Waals surface area contributed by atoms with Crippen LogP contribution in [0.3, 0.4) is 0 Å². The Bertz CT molecular complexity index is 642. The lowest BCUT2D eigenvalue weighted by Crippen LogP contribution is -2.52. The van der Waals surface area contributed by atoms with E-state index in [9.17, 15) is 4.79 Å². The van der Waals surface area contributed by atoms with E-state index in [1.165, 1.54) is 11.1 Å². The van der Waals surface area contributed by atoms with E-state index in [0.29, 0.717) is 19.7 Å². The van der Waals surface area contributed by atoms with Gasteiger partial charge in [-0.2, -0.15) is 0 Å². The number of aliphatic imine (C=N–C) groups is 1. The van der Waals surface area contributed by atoms with E-state index in [0.717, 1.165) is 19.0 Å². The molecular weight excluding hydrogens is 328 g/mol. The first-order chi connectivity index (χ1) is 12.4. The number of rotatable bonds is 5. The van der Waals surface area contributed by atoms with Crippen molar-refractivity contribution < 1.29 is 9.53 Å². The van der Waals surface area contributed by atoms with Gasteiger partial charge in [0.2, 0.25) is 5.91 Å². The standard InChI is InChI=1S/C20H32N4O2/c1-6-22-18(25)20(3,4)14-23-19(21-5)24-11-12-26-17(13-24)16-10-8-7-9-15(16)2/h7-10,17H,6,11-14H2,1-5H3,(H,21,23)(H,22,25). The second kappa shape index (κ2) is 9.03. The maximum Gasteiger partial charge on any atom is 0.227 e. The third kappa shape index (κ3) is 4.97. The van der Waals surface area contributed by atoms with Crippen molar-refractivity contribution in [3.05, 3.63) is 35.4 Å². The molecule has 0 aromatic heterocycles. The average molecular weight is 361 g/mol. The van der Waals surface area contributed by atoms with Crippen molar-refractivity contribution in [3.63, 3.8) is 0 Å². The molecule has 1 atom stereocenters. The lowest BCUT2D eigenvalue weighted by atomic mass is 9.92. The Morgan fingerprint density at radius 1 is 1.35 bits per heavy atom. The van der Waals surface area contributed by atoms with Gasteiger partial charge in [-0.25, -0.2) is 0 Å². The van der Waals surface area contributed by atoms with Crippen LogP contribution in [-0.4, -0.2) is 56.6 Å². The van der Waals surface area contributed by atoms with Crippen LogP contribution in [0.4, 0.5) is 0 Å². The molecule has 1 unspecified atom stereocenters. The molecule has 1 aromatic carbocycles. The highest BCUT2D eigenvalue weighted by atomic mass is 16.5. The zero-order chi connectivity index (χ0) is 19.2. The molecule has 0 saturated carbocycles. The lowest BCUT2D eigenvalue weighted by Gasteiger charge is -2.36. The number of hydrogen-bond acceptors (Lipinski definition) is 3. The molecule has 6 nitrogen and oxygen atoms in total. The van der Waals surface area contributed by atoms with Crippen LogP contribution in [0.25, 0.3) is 0 Å². The summed E-state index contributed by atoms with van der Waals surface area (Å²) in [6, 6.07) is 8.33. The molecule has 1 aliphatic heterocycles. The minimum absolute atomic E-state index is 0.0277. The fourth-order valence-electron chi connectivity index (χ4n) is 3.09. The van der Waals surface area contributed by atoms with E-state index >= 15 is 0 Å². The zero-order valence-electron chi connectivity index (χ0n) is 16.6. The Morgan fingerprint density at radius 3 is 2.73 bits per heavy atom. The second-order valence-electron chi connectivity index (χ2n) is 7.31. The molecule has 2 rings (SSSR count). The van der Waals surface area contributed by atoms with E-state index < -0.39 is 5.41 Å². The van der Waals surface area contributed by atoms with Gasteiger partial charge in [0.05, 0.1) is 18.6 Å². The Balaban J connectivity index is 2.01. The number of amides is 1. The highest BCUT2D eigenvalue weighted by Crippen LogP contribution is 2.25. The topological polar surface area (TPSA) is 66.0 Å². The molecule has 2 N–H and O–H groups in total. The van der Waals surface area contributed by atoms with Gasteiger partial charge in [-0.1, -0.05) is 24.3 Å². The number of carbonyl (C=O) groups excluding carboxylic acids is 1. The molecule has 6 heteroatoms. The molecule has 0 spiro atoms. The Labute approximate surface area is 157 Å². The molecular formula is C20H32N4O2. The predicted octanol–water partition coefficient (Wildman–Crippen LogP) is 2.11. The number of carbonyl (C=O) groups is 1. The summed E-state index contributed by atoms with van der Waals surface area (Å²) in [6.45, 7) is 11.3. The number of guanidine groups is 1. The van der Waals surface area contributed by atoms with E-state index in [-0.39, 0.29) is 12.0 Å². The highest BCUT2D eigenvalue weighted by Gasteiger charge is 2.29. The van der Waals surface area contributed by atoms with Crippen LogP contribution in [0.15, 0.2) is 29.3 Å². The summed E-state index contributed by atoms with van der Waals surface area (Å²) < 4.78 is 6.00. The SMILES string of the molecule is CCNC(=O)C(C)(C)CNC(=NC)N1CCOC(c2ccccc2C)C1. The minimum Gasteiger partial charge on any atom is -0.370 e. The van der Waals surface area contributed by atoms with Gasteiger partial charge in [0, 0.05) is 26.7 Å². The van der Waals surface area contributed by atoms with Crippen molar-refractivity contribution in [1.82, 2.24) is 15.5 Å². The van der Waals surface area contributed by atoms with Crippen LogP contribution in [0.2, 0.25) is 0 Å². The van der Waals surface area contributed by atoms with Crippen LogP contribution in [0.1, 0.15) is 38.0 Å². The number of benzene rings is 1. The molecule has 144 valence electrons. The van der Waals surface area contributed by atoms with Crippen molar-refractivity contribution in [2.24, 2.45) is 10.4 Å². The van der Waals surface area contributed by atoms with E-state index in [4.69, 9.17) is 4.74 Å². The molecule has 26 heavy (non-hydrogen) atoms. The van der Waals surface area contributed by atoms with Gasteiger partial charge in [-0.05, 0) is 38.8 Å². The maximum atomic E-state index is 12.2. The summed E-state index contributed by atoms with van der Waals surface area (Å²) in [5.74, 6) is 0.854. The van der Waals surface area contributed by atoms with Gasteiger partial charge in [0.15, 0.2) is 5.96 Å². The minimum atomic E-state index is -0.506. The van der Waals surface area contributed by atoms with Crippen LogP contribution < -0.4 is 10.6 Å². The number of aryl methyl sites for hydroxylation is 1. The summed E-state index contributed by atoms with van der Waals surface area (Å²) in [5.41, 5.74) is 1.95. The van der Waals surface area contributed by atoms with Crippen LogP contribution in [0.5, 0.6) is 0 Å². The van der Waals surface area contributed by atoms with E-state index in [1.54, 1.807) is 7.05 Å². The van der Waals surface area contributed by atoms with Gasteiger partial charge in [0.1, 0.15) is 6.10 Å². The monoisotopic (exact) mass is 360 g/mol. The number of hydrogen-bond donors (Lipinski definition) is 2. The van der Waals surface area contributed by atoms with Crippen LogP contribution in [0, 0.1) is 12.3 Å². The van der Waals surface area contributed by atoms with E-state index in [1.807, 2.05) is 32.9 Å². The fraction of sp³-hybridized carbons (Fsp3) is 0.600. The van der Waals surface area contributed by atoms with Gasteiger partial charge in [-0.15, -0.1) is 0 Å². The quantitative estimate of drug-likeness (QED) is 0.623. The highest BCUT2D eigenvalue weighted by molar-refractivity contribution is 5.84. The number of morpholine rings is 1. The average Bonchev–Trinajstić information content (AvgIpc) is 2.63. The molecule has 0 radical (unpaired) electrons. The molecule has 1 aliphatic rings. The van der Waals surface area contributed by atoms with Crippen molar-refractivity contribution in [1.29, 1.82) is 0 Å². The molecule has 0 aliphatic carbocycles. The molecule has 0 bridgehead atoms. The summed E-state index contributed by atoms with van der Waals surface area (Å²) in [6.07, 6.45) is 0.0277. The fourth-order valence-corrected chi connectivity index (χ4v) is 3.09. The van der Waals surface area contributed by atoms with Gasteiger partial charge in [-0.3, -0.25) is 9.79 Å². The summed E-state index contributed by atoms with van der Waals surface area (Å²) in [4.78, 5) is 18.8. The lowest BCUT2D eigenvalue weighted by molar-refractivity contribution is -0.128. The molecule has 1 aromatic rings. The van der Waals surface area contributed by atoms with Crippen LogP contribution in [-0.2, 0) is 9.53 Å².